The number of nitrogens with two attached hydrogens (primary N) is 4. The van der Waals surface area contributed by atoms with Crippen LogP contribution in [-0.4, -0.2) is 6.67 Å². The van der Waals surface area contributed by atoms with Crippen LogP contribution in [-0.2, 0) is 9.13 Å². The van der Waals surface area contributed by atoms with Gasteiger partial charge in [-0.25, -0.2) is 10.2 Å². The van der Waals surface area contributed by atoms with Crippen LogP contribution >= 0.6 is 15.2 Å². The summed E-state index contributed by atoms with van der Waals surface area (Å²) in [5.41, 5.74) is 19.5. The maximum Gasteiger partial charge on any atom is 0.274 e. The van der Waals surface area contributed by atoms with E-state index in [0.717, 1.165) is 0 Å². The molecule has 8 nitrogen and oxygen atoms in total. The highest BCUT2D eigenvalue weighted by atomic mass is 31.2. The largest absolute Gasteiger partial charge is 0.274 e. The third-order valence-electron chi connectivity index (χ3n) is 0.652. The van der Waals surface area contributed by atoms with E-state index >= 15 is 0 Å². The lowest BCUT2D eigenvalue weighted by Crippen LogP contribution is -2.33. The van der Waals surface area contributed by atoms with Crippen LogP contribution in [0.1, 0.15) is 0 Å². The molecule has 68 valence electrons. The summed E-state index contributed by atoms with van der Waals surface area (Å²) in [6, 6.07) is 0. The second-order valence-corrected chi connectivity index (χ2v) is 5.38. The molecular formula is CH12N6O2P2. The fourth-order valence-electron chi connectivity index (χ4n) is 0.282. The standard InChI is InChI=1S/CH12N6O2P2/c2-10(3,8)6-1-7-11(4,5)9/h1H2,(H5,2,3,6,8)(H5,4,5,7,9). The third-order valence-corrected chi connectivity index (χ3v) is 1.96. The maximum atomic E-state index is 10.5. The maximum absolute atomic E-state index is 10.5. The topological polar surface area (TPSA) is 162 Å². The van der Waals surface area contributed by atoms with Crippen LogP contribution < -0.4 is 32.2 Å². The van der Waals surface area contributed by atoms with Crippen LogP contribution in [0.15, 0.2) is 0 Å². The molecule has 0 aliphatic heterocycles. The van der Waals surface area contributed by atoms with Gasteiger partial charge in [-0.05, 0) is 0 Å². The van der Waals surface area contributed by atoms with Gasteiger partial charge >= 0.3 is 0 Å². The van der Waals surface area contributed by atoms with Crippen molar-refractivity contribution in [1.82, 2.24) is 10.2 Å². The van der Waals surface area contributed by atoms with Crippen molar-refractivity contribution in [3.63, 3.8) is 0 Å². The van der Waals surface area contributed by atoms with Crippen LogP contribution in [0.5, 0.6) is 0 Å². The summed E-state index contributed by atoms with van der Waals surface area (Å²) in [6.45, 7) is -0.158. The van der Waals surface area contributed by atoms with Gasteiger partial charge < -0.3 is 0 Å². The van der Waals surface area contributed by atoms with Crippen LogP contribution in [0.3, 0.4) is 0 Å². The van der Waals surface area contributed by atoms with Crippen molar-refractivity contribution in [2.45, 2.75) is 0 Å². The first kappa shape index (κ1) is 11.2. The van der Waals surface area contributed by atoms with Gasteiger partial charge in [0.15, 0.2) is 0 Å². The second-order valence-electron chi connectivity index (χ2n) is 1.91. The van der Waals surface area contributed by atoms with Gasteiger partial charge in [-0.3, -0.25) is 31.1 Å². The molecule has 0 amide bonds. The molecule has 0 spiro atoms. The Morgan fingerprint density at radius 1 is 0.909 bits per heavy atom. The highest BCUT2D eigenvalue weighted by molar-refractivity contribution is 7.57. The van der Waals surface area contributed by atoms with Crippen molar-refractivity contribution in [1.29, 1.82) is 0 Å². The Labute approximate surface area is 64.1 Å². The lowest BCUT2D eigenvalue weighted by molar-refractivity contribution is 0.556. The van der Waals surface area contributed by atoms with E-state index in [1.54, 1.807) is 0 Å². The summed E-state index contributed by atoms with van der Waals surface area (Å²) in [5.74, 6) is 0. The van der Waals surface area contributed by atoms with E-state index in [4.69, 9.17) is 22.0 Å². The predicted octanol–water partition coefficient (Wildman–Crippen LogP) is -1.83. The van der Waals surface area contributed by atoms with Crippen LogP contribution in [0.25, 0.3) is 0 Å². The Bertz CT molecular complexity index is 181. The molecule has 0 rings (SSSR count). The second kappa shape index (κ2) is 3.75. The summed E-state index contributed by atoms with van der Waals surface area (Å²) < 4.78 is 21.1. The van der Waals surface area contributed by atoms with Gasteiger partial charge in [0.2, 0.25) is 0 Å². The minimum atomic E-state index is -3.30. The Morgan fingerprint density at radius 2 is 1.18 bits per heavy atom. The third kappa shape index (κ3) is 10.2. The molecule has 0 unspecified atom stereocenters. The average molecular weight is 202 g/mol. The summed E-state index contributed by atoms with van der Waals surface area (Å²) >= 11 is 0. The molecule has 0 fully saturated rings. The fraction of sp³-hybridized carbons (Fsp3) is 1.00. The SMILES string of the molecule is NP(N)(=O)NCNP(N)(N)=O. The Balaban J connectivity index is 3.61. The molecular weight excluding hydrogens is 190 g/mol. The van der Waals surface area contributed by atoms with E-state index in [2.05, 4.69) is 10.2 Å². The Hall–Kier alpha value is 0.220. The van der Waals surface area contributed by atoms with Crippen LogP contribution in [0.2, 0.25) is 0 Å². The highest BCUT2D eigenvalue weighted by Crippen LogP contribution is 2.19. The van der Waals surface area contributed by atoms with Gasteiger partial charge in [0, 0.05) is 0 Å². The monoisotopic (exact) mass is 202 g/mol. The molecule has 0 saturated carbocycles. The van der Waals surface area contributed by atoms with Crippen molar-refractivity contribution in [3.8, 4) is 0 Å². The molecule has 10 N–H and O–H groups in total. The van der Waals surface area contributed by atoms with Crippen molar-refractivity contribution in [2.75, 3.05) is 6.67 Å². The molecule has 0 aromatic carbocycles. The fourth-order valence-corrected chi connectivity index (χ4v) is 1.06. The normalized spacial score (nSPS) is 13.5. The zero-order chi connectivity index (χ0) is 9.12. The van der Waals surface area contributed by atoms with Crippen molar-refractivity contribution < 1.29 is 9.13 Å². The minimum absolute atomic E-state index is 0.158. The molecule has 0 aliphatic rings. The summed E-state index contributed by atoms with van der Waals surface area (Å²) in [5, 5.41) is 4.29. The van der Waals surface area contributed by atoms with Gasteiger partial charge in [0.05, 0.1) is 6.67 Å². The summed E-state index contributed by atoms with van der Waals surface area (Å²) in [4.78, 5) is 0. The zero-order valence-electron chi connectivity index (χ0n) is 5.73. The van der Waals surface area contributed by atoms with Gasteiger partial charge in [0.1, 0.15) is 0 Å². The van der Waals surface area contributed by atoms with E-state index < -0.39 is 15.2 Å². The molecule has 11 heavy (non-hydrogen) atoms. The van der Waals surface area contributed by atoms with Crippen LogP contribution in [0.4, 0.5) is 0 Å². The first-order chi connectivity index (χ1) is 4.71. The molecule has 0 aromatic rings. The first-order valence-corrected chi connectivity index (χ1v) is 6.24. The predicted molar refractivity (Wildman–Crippen MR) is 43.1 cm³/mol. The number of hydrogen-bond donors (Lipinski definition) is 6. The van der Waals surface area contributed by atoms with Gasteiger partial charge in [0.25, 0.3) is 15.2 Å². The molecule has 10 heteroatoms. The van der Waals surface area contributed by atoms with E-state index in [9.17, 15) is 9.13 Å². The molecule has 0 heterocycles. The van der Waals surface area contributed by atoms with Gasteiger partial charge in [-0.2, -0.15) is 0 Å². The van der Waals surface area contributed by atoms with Crippen molar-refractivity contribution >= 4 is 15.2 Å². The first-order valence-electron chi connectivity index (χ1n) is 2.55. The molecule has 0 radical (unpaired) electrons. The summed E-state index contributed by atoms with van der Waals surface area (Å²) in [6.07, 6.45) is 0. The average Bonchev–Trinajstić information content (AvgIpc) is 1.55. The summed E-state index contributed by atoms with van der Waals surface area (Å²) in [7, 11) is -6.59. The Morgan fingerprint density at radius 3 is 1.36 bits per heavy atom. The molecule has 0 atom stereocenters. The van der Waals surface area contributed by atoms with E-state index in [1.807, 2.05) is 0 Å². The van der Waals surface area contributed by atoms with Crippen LogP contribution in [0, 0.1) is 0 Å². The zero-order valence-corrected chi connectivity index (χ0v) is 7.52. The highest BCUT2D eigenvalue weighted by Gasteiger charge is 2.10. The van der Waals surface area contributed by atoms with E-state index in [0.29, 0.717) is 0 Å². The smallest absolute Gasteiger partial charge is 0.271 e. The van der Waals surface area contributed by atoms with Crippen molar-refractivity contribution in [2.24, 2.45) is 22.0 Å². The van der Waals surface area contributed by atoms with E-state index in [-0.39, 0.29) is 6.67 Å². The Kier molecular flexibility index (Phi) is 3.83. The number of rotatable bonds is 4. The van der Waals surface area contributed by atoms with Gasteiger partial charge in [-0.1, -0.05) is 0 Å². The molecule has 0 saturated heterocycles. The minimum Gasteiger partial charge on any atom is -0.271 e. The molecule has 0 aromatic heterocycles. The van der Waals surface area contributed by atoms with E-state index in [1.165, 1.54) is 0 Å². The molecule has 0 bridgehead atoms. The lowest BCUT2D eigenvalue weighted by Gasteiger charge is -2.11. The number of nitrogens with one attached hydrogen (secondary N) is 2. The van der Waals surface area contributed by atoms with Crippen molar-refractivity contribution in [3.05, 3.63) is 0 Å². The molecule has 0 aliphatic carbocycles. The van der Waals surface area contributed by atoms with Gasteiger partial charge in [-0.15, -0.1) is 0 Å². The number of hydrogen-bond acceptors (Lipinski definition) is 2. The quantitative estimate of drug-likeness (QED) is 0.229. The lowest BCUT2D eigenvalue weighted by atomic mass is 11.3.